The lowest BCUT2D eigenvalue weighted by Crippen LogP contribution is -2.33. The number of benzene rings is 2. The Morgan fingerprint density at radius 1 is 1.09 bits per heavy atom. The van der Waals surface area contributed by atoms with E-state index in [9.17, 15) is 13.2 Å². The van der Waals surface area contributed by atoms with Crippen molar-refractivity contribution in [1.29, 1.82) is 0 Å². The second-order valence-electron chi connectivity index (χ2n) is 9.12. The summed E-state index contributed by atoms with van der Waals surface area (Å²) in [5.41, 5.74) is 5.64. The molecule has 0 saturated heterocycles. The molecule has 8 heteroatoms. The van der Waals surface area contributed by atoms with Gasteiger partial charge in [0.15, 0.2) is 5.13 Å². The first kappa shape index (κ1) is 25.9. The molecule has 0 unspecified atom stereocenters. The summed E-state index contributed by atoms with van der Waals surface area (Å²) < 4.78 is 25.0. The van der Waals surface area contributed by atoms with Crippen LogP contribution in [0.4, 0.5) is 5.13 Å². The summed E-state index contributed by atoms with van der Waals surface area (Å²) in [5, 5.41) is 0.833. The molecule has 3 rings (SSSR count). The molecule has 34 heavy (non-hydrogen) atoms. The molecule has 182 valence electrons. The van der Waals surface area contributed by atoms with Gasteiger partial charge in [-0.3, -0.25) is 9.52 Å². The van der Waals surface area contributed by atoms with E-state index >= 15 is 0 Å². The first-order valence-corrected chi connectivity index (χ1v) is 14.1. The highest BCUT2D eigenvalue weighted by Crippen LogP contribution is 2.36. The zero-order valence-corrected chi connectivity index (χ0v) is 22.1. The summed E-state index contributed by atoms with van der Waals surface area (Å²) in [4.78, 5) is 20.5. The fourth-order valence-electron chi connectivity index (χ4n) is 3.64. The molecule has 1 amide bonds. The molecule has 2 aromatic carbocycles. The van der Waals surface area contributed by atoms with Crippen LogP contribution in [0.2, 0.25) is 0 Å². The summed E-state index contributed by atoms with van der Waals surface area (Å²) in [6.07, 6.45) is 1.95. The van der Waals surface area contributed by atoms with Crippen molar-refractivity contribution in [3.8, 4) is 11.3 Å². The lowest BCUT2D eigenvalue weighted by atomic mass is 10.0. The summed E-state index contributed by atoms with van der Waals surface area (Å²) in [5.74, 6) is -0.0457. The van der Waals surface area contributed by atoms with E-state index in [-0.39, 0.29) is 6.42 Å². The lowest BCUT2D eigenvalue weighted by molar-refractivity contribution is -0.119. The molecular formula is C26H33N3O3S2. The van der Waals surface area contributed by atoms with E-state index in [1.54, 1.807) is 11.3 Å². The highest BCUT2D eigenvalue weighted by Gasteiger charge is 2.20. The minimum Gasteiger partial charge on any atom is -0.343 e. The van der Waals surface area contributed by atoms with Crippen LogP contribution in [0.15, 0.2) is 48.5 Å². The minimum absolute atomic E-state index is 0.0535. The van der Waals surface area contributed by atoms with Gasteiger partial charge in [-0.05, 0) is 48.9 Å². The number of nitrogens with zero attached hydrogens (tertiary/aromatic N) is 2. The molecule has 0 spiro atoms. The van der Waals surface area contributed by atoms with Gasteiger partial charge in [0.2, 0.25) is 15.9 Å². The van der Waals surface area contributed by atoms with E-state index in [0.717, 1.165) is 34.6 Å². The molecule has 0 aliphatic heterocycles. The maximum absolute atomic E-state index is 12.2. The summed E-state index contributed by atoms with van der Waals surface area (Å²) in [6.45, 7) is 9.53. The van der Waals surface area contributed by atoms with Crippen molar-refractivity contribution in [2.24, 2.45) is 5.92 Å². The second kappa shape index (κ2) is 11.1. The molecule has 6 nitrogen and oxygen atoms in total. The molecule has 1 heterocycles. The van der Waals surface area contributed by atoms with Gasteiger partial charge in [-0.1, -0.05) is 56.3 Å². The minimum atomic E-state index is -3.59. The fraction of sp³-hybridized carbons (Fsp3) is 0.385. The standard InChI is InChI=1S/C26H33N3O3S2/c1-18(2)15-23-25(22-12-11-19(3)20(4)16-22)27-26(33-23)29(17-21-9-7-6-8-10-21)14-13-24(30)28-34(5,31)32/h6-12,16,18H,13-15,17H2,1-5H3,(H,28,30). The van der Waals surface area contributed by atoms with Gasteiger partial charge in [0, 0.05) is 30.0 Å². The number of aryl methyl sites for hydroxylation is 2. The molecule has 1 aromatic heterocycles. The highest BCUT2D eigenvalue weighted by molar-refractivity contribution is 7.89. The third kappa shape index (κ3) is 7.40. The number of rotatable bonds is 10. The van der Waals surface area contributed by atoms with Gasteiger partial charge >= 0.3 is 0 Å². The number of nitrogens with one attached hydrogen (secondary N) is 1. The molecule has 0 radical (unpaired) electrons. The molecule has 0 fully saturated rings. The first-order valence-electron chi connectivity index (χ1n) is 11.4. The molecule has 0 aliphatic rings. The van der Waals surface area contributed by atoms with Crippen LogP contribution in [0.1, 0.15) is 41.8 Å². The van der Waals surface area contributed by atoms with E-state index in [1.165, 1.54) is 16.0 Å². The highest BCUT2D eigenvalue weighted by atomic mass is 32.2. The van der Waals surface area contributed by atoms with Crippen molar-refractivity contribution < 1.29 is 13.2 Å². The Balaban J connectivity index is 1.96. The van der Waals surface area contributed by atoms with E-state index < -0.39 is 15.9 Å². The van der Waals surface area contributed by atoms with Gasteiger partial charge in [0.05, 0.1) is 11.9 Å². The van der Waals surface area contributed by atoms with Gasteiger partial charge in [-0.25, -0.2) is 13.4 Å². The van der Waals surface area contributed by atoms with Crippen LogP contribution in [0, 0.1) is 19.8 Å². The van der Waals surface area contributed by atoms with Gasteiger partial charge in [-0.15, -0.1) is 11.3 Å². The number of carbonyl (C=O) groups excluding carboxylic acids is 1. The van der Waals surface area contributed by atoms with Crippen LogP contribution < -0.4 is 9.62 Å². The average Bonchev–Trinajstić information content (AvgIpc) is 3.15. The first-order chi connectivity index (χ1) is 16.0. The van der Waals surface area contributed by atoms with Crippen LogP contribution in [-0.2, 0) is 27.8 Å². The van der Waals surface area contributed by atoms with E-state index in [2.05, 4.69) is 55.5 Å². The monoisotopic (exact) mass is 499 g/mol. The van der Waals surface area contributed by atoms with Crippen LogP contribution in [0.25, 0.3) is 11.3 Å². The Kier molecular flexibility index (Phi) is 8.49. The second-order valence-corrected chi connectivity index (χ2v) is 11.9. The number of amides is 1. The zero-order chi connectivity index (χ0) is 24.9. The normalized spacial score (nSPS) is 11.6. The van der Waals surface area contributed by atoms with Gasteiger partial charge < -0.3 is 4.90 Å². The van der Waals surface area contributed by atoms with Crippen molar-refractivity contribution in [2.45, 2.75) is 47.1 Å². The third-order valence-corrected chi connectivity index (χ3v) is 7.19. The molecule has 3 aromatic rings. The van der Waals surface area contributed by atoms with Crippen molar-refractivity contribution in [1.82, 2.24) is 9.71 Å². The summed E-state index contributed by atoms with van der Waals surface area (Å²) in [6, 6.07) is 16.4. The van der Waals surface area contributed by atoms with Crippen molar-refractivity contribution in [2.75, 3.05) is 17.7 Å². The molecule has 0 bridgehead atoms. The van der Waals surface area contributed by atoms with Crippen LogP contribution in [0.5, 0.6) is 0 Å². The number of thiazole rings is 1. The number of hydrogen-bond acceptors (Lipinski definition) is 6. The van der Waals surface area contributed by atoms with Crippen LogP contribution in [-0.4, -0.2) is 32.1 Å². The smallest absolute Gasteiger partial charge is 0.235 e. The number of aromatic nitrogens is 1. The van der Waals surface area contributed by atoms with Crippen molar-refractivity contribution in [3.63, 3.8) is 0 Å². The van der Waals surface area contributed by atoms with Gasteiger partial charge in [0.25, 0.3) is 0 Å². The summed E-state index contributed by atoms with van der Waals surface area (Å²) in [7, 11) is -3.59. The third-order valence-electron chi connectivity index (χ3n) is 5.45. The van der Waals surface area contributed by atoms with E-state index in [0.29, 0.717) is 19.0 Å². The largest absolute Gasteiger partial charge is 0.343 e. The summed E-state index contributed by atoms with van der Waals surface area (Å²) >= 11 is 1.65. The Morgan fingerprint density at radius 3 is 2.41 bits per heavy atom. The number of carbonyl (C=O) groups is 1. The van der Waals surface area contributed by atoms with Gasteiger partial charge in [-0.2, -0.15) is 0 Å². The maximum atomic E-state index is 12.2. The Labute approximate surface area is 207 Å². The van der Waals surface area contributed by atoms with Gasteiger partial charge in [0.1, 0.15) is 0 Å². The van der Waals surface area contributed by atoms with Crippen molar-refractivity contribution in [3.05, 3.63) is 70.1 Å². The fourth-order valence-corrected chi connectivity index (χ4v) is 5.47. The maximum Gasteiger partial charge on any atom is 0.235 e. The zero-order valence-electron chi connectivity index (χ0n) is 20.5. The van der Waals surface area contributed by atoms with Crippen LogP contribution >= 0.6 is 11.3 Å². The van der Waals surface area contributed by atoms with E-state index in [4.69, 9.17) is 4.98 Å². The lowest BCUT2D eigenvalue weighted by Gasteiger charge is -2.21. The topological polar surface area (TPSA) is 79.4 Å². The predicted octanol–water partition coefficient (Wildman–Crippen LogP) is 5.10. The molecule has 0 aliphatic carbocycles. The molecule has 0 atom stereocenters. The number of anilines is 1. The molecule has 0 saturated carbocycles. The average molecular weight is 500 g/mol. The molecular weight excluding hydrogens is 466 g/mol. The number of hydrogen-bond donors (Lipinski definition) is 1. The van der Waals surface area contributed by atoms with Crippen LogP contribution in [0.3, 0.4) is 0 Å². The predicted molar refractivity (Wildman–Crippen MR) is 141 cm³/mol. The van der Waals surface area contributed by atoms with E-state index in [1.807, 2.05) is 30.3 Å². The number of sulfonamides is 1. The quantitative estimate of drug-likeness (QED) is 0.420. The Bertz CT molecular complexity index is 1240. The SMILES string of the molecule is Cc1ccc(-c2nc(N(CCC(=O)NS(C)(=O)=O)Cc3ccccc3)sc2CC(C)C)cc1C. The van der Waals surface area contributed by atoms with Crippen molar-refractivity contribution >= 4 is 32.4 Å². The Morgan fingerprint density at radius 2 is 1.79 bits per heavy atom. The molecule has 1 N–H and O–H groups in total. The Hall–Kier alpha value is -2.71.